The van der Waals surface area contributed by atoms with Gasteiger partial charge in [-0.15, -0.1) is 0 Å². The summed E-state index contributed by atoms with van der Waals surface area (Å²) in [6.45, 7) is 1.74. The topological polar surface area (TPSA) is 75.4 Å². The summed E-state index contributed by atoms with van der Waals surface area (Å²) < 4.78 is 13.4. The number of aryl methyl sites for hydroxylation is 1. The van der Waals surface area contributed by atoms with Crippen LogP contribution >= 0.6 is 0 Å². The Labute approximate surface area is 114 Å². The fraction of sp³-hybridized carbons (Fsp3) is 0.143. The van der Waals surface area contributed by atoms with Crippen molar-refractivity contribution in [1.82, 2.24) is 0 Å². The predicted molar refractivity (Wildman–Crippen MR) is 73.2 cm³/mol. The number of rotatable bonds is 4. The second-order valence-corrected chi connectivity index (χ2v) is 4.36. The van der Waals surface area contributed by atoms with Crippen molar-refractivity contribution in [3.05, 3.63) is 63.5 Å². The maximum atomic E-state index is 13.4. The highest BCUT2D eigenvalue weighted by atomic mass is 19.1. The zero-order valence-corrected chi connectivity index (χ0v) is 10.8. The fourth-order valence-corrected chi connectivity index (χ4v) is 1.81. The molecule has 0 unspecified atom stereocenters. The van der Waals surface area contributed by atoms with Gasteiger partial charge in [-0.1, -0.05) is 18.2 Å². The van der Waals surface area contributed by atoms with Crippen molar-refractivity contribution in [2.24, 2.45) is 0 Å². The number of phenols is 1. The van der Waals surface area contributed by atoms with Crippen LogP contribution in [0.2, 0.25) is 0 Å². The first-order valence-corrected chi connectivity index (χ1v) is 5.94. The summed E-state index contributed by atoms with van der Waals surface area (Å²) in [5, 5.41) is 23.4. The number of nitro benzene ring substituents is 1. The molecule has 0 aliphatic rings. The molecule has 0 saturated heterocycles. The maximum Gasteiger partial charge on any atom is 0.295 e. The maximum absolute atomic E-state index is 13.4. The molecule has 0 aromatic heterocycles. The molecular weight excluding hydrogens is 263 g/mol. The van der Waals surface area contributed by atoms with Crippen molar-refractivity contribution >= 4 is 11.4 Å². The number of nitrogens with zero attached hydrogens (tertiary/aromatic N) is 1. The van der Waals surface area contributed by atoms with Crippen LogP contribution in [0, 0.1) is 22.9 Å². The van der Waals surface area contributed by atoms with Crippen molar-refractivity contribution in [3.8, 4) is 5.75 Å². The van der Waals surface area contributed by atoms with E-state index in [1.54, 1.807) is 18.2 Å². The Bertz CT molecular complexity index is 659. The van der Waals surface area contributed by atoms with Crippen LogP contribution < -0.4 is 5.32 Å². The number of phenolic OH excluding ortho intramolecular Hbond substituents is 1. The Kier molecular flexibility index (Phi) is 3.84. The zero-order chi connectivity index (χ0) is 14.7. The van der Waals surface area contributed by atoms with Crippen molar-refractivity contribution in [1.29, 1.82) is 0 Å². The van der Waals surface area contributed by atoms with E-state index in [0.29, 0.717) is 11.1 Å². The lowest BCUT2D eigenvalue weighted by atomic mass is 10.1. The normalized spacial score (nSPS) is 10.3. The van der Waals surface area contributed by atoms with E-state index in [-0.39, 0.29) is 23.7 Å². The van der Waals surface area contributed by atoms with E-state index in [2.05, 4.69) is 5.32 Å². The Morgan fingerprint density at radius 1 is 1.35 bits per heavy atom. The van der Waals surface area contributed by atoms with Crippen LogP contribution in [-0.2, 0) is 6.54 Å². The van der Waals surface area contributed by atoms with Crippen LogP contribution in [-0.4, -0.2) is 10.0 Å². The lowest BCUT2D eigenvalue weighted by molar-refractivity contribution is -0.384. The van der Waals surface area contributed by atoms with Gasteiger partial charge in [0, 0.05) is 12.1 Å². The molecule has 0 aliphatic carbocycles. The molecule has 2 aromatic rings. The molecular formula is C14H13FN2O3. The van der Waals surface area contributed by atoms with Crippen LogP contribution in [0.25, 0.3) is 0 Å². The number of hydrogen-bond acceptors (Lipinski definition) is 4. The molecule has 5 nitrogen and oxygen atoms in total. The molecule has 2 N–H and O–H groups in total. The van der Waals surface area contributed by atoms with E-state index < -0.39 is 10.7 Å². The third kappa shape index (κ3) is 2.85. The summed E-state index contributed by atoms with van der Waals surface area (Å²) in [6.07, 6.45) is 0. The smallest absolute Gasteiger partial charge is 0.295 e. The quantitative estimate of drug-likeness (QED) is 0.663. The molecule has 0 heterocycles. The standard InChI is InChI=1S/C14H13FN2O3/c1-9-6-12(13(17(19)20)7-11(9)15)16-8-10-4-2-3-5-14(10)18/h2-7,16,18H,8H2,1H3. The minimum absolute atomic E-state index is 0.0986. The van der Waals surface area contributed by atoms with Gasteiger partial charge in [0.2, 0.25) is 0 Å². The van der Waals surface area contributed by atoms with Gasteiger partial charge in [-0.3, -0.25) is 10.1 Å². The highest BCUT2D eigenvalue weighted by Gasteiger charge is 2.17. The minimum atomic E-state index is -0.643. The van der Waals surface area contributed by atoms with Crippen LogP contribution in [0.1, 0.15) is 11.1 Å². The van der Waals surface area contributed by atoms with Gasteiger partial charge < -0.3 is 10.4 Å². The molecule has 0 atom stereocenters. The van der Waals surface area contributed by atoms with E-state index in [0.717, 1.165) is 6.07 Å². The average Bonchev–Trinajstić information content (AvgIpc) is 2.41. The second kappa shape index (κ2) is 5.56. The summed E-state index contributed by atoms with van der Waals surface area (Å²) in [5.74, 6) is -0.522. The molecule has 0 aliphatic heterocycles. The molecule has 0 bridgehead atoms. The van der Waals surface area contributed by atoms with Gasteiger partial charge in [0.1, 0.15) is 17.3 Å². The van der Waals surface area contributed by atoms with Crippen LogP contribution in [0.3, 0.4) is 0 Å². The van der Waals surface area contributed by atoms with Crippen molar-refractivity contribution < 1.29 is 14.4 Å². The van der Waals surface area contributed by atoms with E-state index >= 15 is 0 Å². The lowest BCUT2D eigenvalue weighted by Crippen LogP contribution is -2.04. The first-order valence-electron chi connectivity index (χ1n) is 5.94. The fourth-order valence-electron chi connectivity index (χ4n) is 1.81. The molecule has 0 saturated carbocycles. The number of nitro groups is 1. The number of anilines is 1. The highest BCUT2D eigenvalue weighted by molar-refractivity contribution is 5.63. The Morgan fingerprint density at radius 2 is 2.05 bits per heavy atom. The van der Waals surface area contributed by atoms with Crippen molar-refractivity contribution in [3.63, 3.8) is 0 Å². The molecule has 0 radical (unpaired) electrons. The van der Waals surface area contributed by atoms with Crippen LogP contribution in [0.4, 0.5) is 15.8 Å². The number of nitrogens with one attached hydrogen (secondary N) is 1. The molecule has 0 fully saturated rings. The summed E-state index contributed by atoms with van der Waals surface area (Å²) in [4.78, 5) is 10.3. The second-order valence-electron chi connectivity index (χ2n) is 4.36. The number of hydrogen-bond donors (Lipinski definition) is 2. The van der Waals surface area contributed by atoms with Gasteiger partial charge in [-0.05, 0) is 24.6 Å². The van der Waals surface area contributed by atoms with Gasteiger partial charge in [-0.25, -0.2) is 4.39 Å². The largest absolute Gasteiger partial charge is 0.508 e. The molecule has 0 amide bonds. The van der Waals surface area contributed by atoms with Crippen LogP contribution in [0.5, 0.6) is 5.75 Å². The van der Waals surface area contributed by atoms with Crippen molar-refractivity contribution in [2.45, 2.75) is 13.5 Å². The lowest BCUT2D eigenvalue weighted by Gasteiger charge is -2.09. The van der Waals surface area contributed by atoms with E-state index in [1.807, 2.05) is 0 Å². The number of para-hydroxylation sites is 1. The molecule has 0 spiro atoms. The Balaban J connectivity index is 2.27. The Morgan fingerprint density at radius 3 is 2.70 bits per heavy atom. The highest BCUT2D eigenvalue weighted by Crippen LogP contribution is 2.28. The number of benzene rings is 2. The third-order valence-corrected chi connectivity index (χ3v) is 2.93. The predicted octanol–water partition coefficient (Wildman–Crippen LogP) is 3.36. The number of halogens is 1. The summed E-state index contributed by atoms with van der Waals surface area (Å²) in [7, 11) is 0. The molecule has 6 heteroatoms. The summed E-state index contributed by atoms with van der Waals surface area (Å²) >= 11 is 0. The summed E-state index contributed by atoms with van der Waals surface area (Å²) in [6, 6.07) is 8.94. The van der Waals surface area contributed by atoms with E-state index in [1.165, 1.54) is 19.1 Å². The molecule has 2 rings (SSSR count). The average molecular weight is 276 g/mol. The molecule has 20 heavy (non-hydrogen) atoms. The SMILES string of the molecule is Cc1cc(NCc2ccccc2O)c([N+](=O)[O-])cc1F. The third-order valence-electron chi connectivity index (χ3n) is 2.93. The monoisotopic (exact) mass is 276 g/mol. The van der Waals surface area contributed by atoms with Gasteiger partial charge in [-0.2, -0.15) is 0 Å². The van der Waals surface area contributed by atoms with Gasteiger partial charge in [0.05, 0.1) is 11.0 Å². The number of aromatic hydroxyl groups is 1. The van der Waals surface area contributed by atoms with Crippen molar-refractivity contribution in [2.75, 3.05) is 5.32 Å². The first-order chi connectivity index (χ1) is 9.49. The van der Waals surface area contributed by atoms with Gasteiger partial charge >= 0.3 is 0 Å². The van der Waals surface area contributed by atoms with E-state index in [9.17, 15) is 19.6 Å². The van der Waals surface area contributed by atoms with Gasteiger partial charge in [0.25, 0.3) is 5.69 Å². The van der Waals surface area contributed by atoms with Gasteiger partial charge in [0.15, 0.2) is 0 Å². The molecule has 104 valence electrons. The van der Waals surface area contributed by atoms with Crippen LogP contribution in [0.15, 0.2) is 36.4 Å². The Hall–Kier alpha value is -2.63. The zero-order valence-electron chi connectivity index (χ0n) is 10.8. The van der Waals surface area contributed by atoms with E-state index in [4.69, 9.17) is 0 Å². The minimum Gasteiger partial charge on any atom is -0.508 e. The molecule has 2 aromatic carbocycles. The summed E-state index contributed by atoms with van der Waals surface area (Å²) in [5.41, 5.74) is 0.805. The first kappa shape index (κ1) is 13.8.